The van der Waals surface area contributed by atoms with Crippen LogP contribution in [0, 0.1) is 16.7 Å². The Hall–Kier alpha value is -3.71. The summed E-state index contributed by atoms with van der Waals surface area (Å²) in [7, 11) is 1.55. The molecule has 0 unspecified atom stereocenters. The number of methoxy groups -OCH3 is 1. The molecule has 2 N–H and O–H groups in total. The Morgan fingerprint density at radius 2 is 1.92 bits per heavy atom. The number of benzene rings is 2. The number of ketones is 1. The minimum Gasteiger partial charge on any atom is -0.497 e. The van der Waals surface area contributed by atoms with E-state index in [2.05, 4.69) is 16.7 Å². The molecule has 0 spiro atoms. The summed E-state index contributed by atoms with van der Waals surface area (Å²) < 4.78 is 44.3. The number of alkyl halides is 3. The number of thioether (sulfide) groups is 1. The number of hydrogen-bond acceptors (Lipinski definition) is 6. The Balaban J connectivity index is 1.62. The SMILES string of the molecule is COc1ccc([C@H]2C(C#N)=C(SCC(=O)Nc3cccc(C(F)(F)F)c3)NC3=C2C(=O)CC(C)(C)C3)cc1. The molecule has 1 heterocycles. The fraction of sp³-hybridized carbons (Fsp3) is 0.321. The first-order valence-corrected chi connectivity index (χ1v) is 12.8. The van der Waals surface area contributed by atoms with E-state index >= 15 is 0 Å². The molecule has 2 aromatic carbocycles. The number of ether oxygens (including phenoxy) is 1. The number of nitrogens with zero attached hydrogens (tertiary/aromatic N) is 1. The number of carbonyl (C=O) groups excluding carboxylic acids is 2. The van der Waals surface area contributed by atoms with Crippen LogP contribution in [0.3, 0.4) is 0 Å². The van der Waals surface area contributed by atoms with Crippen LogP contribution in [0.5, 0.6) is 5.75 Å². The second-order valence-electron chi connectivity index (χ2n) is 9.93. The number of allylic oxidation sites excluding steroid dienone is 3. The van der Waals surface area contributed by atoms with Gasteiger partial charge in [0.1, 0.15) is 5.75 Å². The van der Waals surface area contributed by atoms with Gasteiger partial charge in [-0.1, -0.05) is 43.8 Å². The Kier molecular flexibility index (Phi) is 7.61. The predicted octanol–water partition coefficient (Wildman–Crippen LogP) is 6.15. The summed E-state index contributed by atoms with van der Waals surface area (Å²) in [6.07, 6.45) is -3.60. The fourth-order valence-electron chi connectivity index (χ4n) is 4.73. The molecule has 0 saturated carbocycles. The van der Waals surface area contributed by atoms with E-state index in [0.29, 0.717) is 40.5 Å². The van der Waals surface area contributed by atoms with Crippen LogP contribution in [0.4, 0.5) is 18.9 Å². The number of rotatable bonds is 6. The van der Waals surface area contributed by atoms with Crippen molar-refractivity contribution in [1.29, 1.82) is 5.26 Å². The van der Waals surface area contributed by atoms with Gasteiger partial charge >= 0.3 is 6.18 Å². The van der Waals surface area contributed by atoms with E-state index in [1.165, 1.54) is 12.1 Å². The molecule has 0 saturated heterocycles. The van der Waals surface area contributed by atoms with Crippen molar-refractivity contribution in [3.8, 4) is 11.8 Å². The minimum absolute atomic E-state index is 0.0252. The van der Waals surface area contributed by atoms with E-state index in [0.717, 1.165) is 29.5 Å². The zero-order valence-corrected chi connectivity index (χ0v) is 21.8. The molecule has 0 fully saturated rings. The van der Waals surface area contributed by atoms with Gasteiger partial charge in [-0.05, 0) is 47.7 Å². The third-order valence-electron chi connectivity index (χ3n) is 6.40. The van der Waals surface area contributed by atoms with Crippen LogP contribution in [0.15, 0.2) is 70.4 Å². The first kappa shape index (κ1) is 27.3. The molecule has 10 heteroatoms. The maximum atomic E-state index is 13.3. The smallest absolute Gasteiger partial charge is 0.416 e. The summed E-state index contributed by atoms with van der Waals surface area (Å²) in [5.41, 5.74) is 1.19. The number of hydrogen-bond donors (Lipinski definition) is 2. The minimum atomic E-state index is -4.53. The Morgan fingerprint density at radius 1 is 1.21 bits per heavy atom. The lowest BCUT2D eigenvalue weighted by Gasteiger charge is -2.39. The molecule has 0 aromatic heterocycles. The van der Waals surface area contributed by atoms with Crippen molar-refractivity contribution >= 4 is 29.1 Å². The fourth-order valence-corrected chi connectivity index (χ4v) is 5.59. The summed E-state index contributed by atoms with van der Waals surface area (Å²) in [4.78, 5) is 25.9. The average Bonchev–Trinajstić information content (AvgIpc) is 2.85. The third-order valence-corrected chi connectivity index (χ3v) is 7.41. The van der Waals surface area contributed by atoms with Crippen molar-refractivity contribution in [1.82, 2.24) is 5.32 Å². The molecule has 6 nitrogen and oxygen atoms in total. The normalized spacial score (nSPS) is 18.9. The van der Waals surface area contributed by atoms with E-state index in [1.54, 1.807) is 19.2 Å². The molecule has 2 aromatic rings. The van der Waals surface area contributed by atoms with Gasteiger partial charge in [-0.15, -0.1) is 0 Å². The zero-order valence-electron chi connectivity index (χ0n) is 21.0. The number of dihydropyridines is 1. The van der Waals surface area contributed by atoms with Gasteiger partial charge in [0.2, 0.25) is 5.91 Å². The quantitative estimate of drug-likeness (QED) is 0.456. The van der Waals surface area contributed by atoms with Crippen molar-refractivity contribution in [3.63, 3.8) is 0 Å². The van der Waals surface area contributed by atoms with Crippen LogP contribution in [-0.2, 0) is 15.8 Å². The number of amides is 1. The molecule has 1 aliphatic heterocycles. The second kappa shape index (κ2) is 10.6. The number of Topliss-reactive ketones (excluding diaryl/α,β-unsaturated/α-hetero) is 1. The first-order chi connectivity index (χ1) is 17.9. The molecule has 198 valence electrons. The zero-order chi connectivity index (χ0) is 27.7. The topological polar surface area (TPSA) is 91.2 Å². The molecule has 2 aliphatic rings. The van der Waals surface area contributed by atoms with Gasteiger partial charge < -0.3 is 15.4 Å². The van der Waals surface area contributed by atoms with Gasteiger partial charge in [0.05, 0.1) is 41.0 Å². The van der Waals surface area contributed by atoms with Crippen molar-refractivity contribution in [2.45, 2.75) is 38.8 Å². The molecular weight excluding hydrogens is 515 g/mol. The number of anilines is 1. The van der Waals surface area contributed by atoms with Gasteiger partial charge in [0.25, 0.3) is 0 Å². The molecule has 4 rings (SSSR count). The number of nitrogens with one attached hydrogen (secondary N) is 2. The first-order valence-electron chi connectivity index (χ1n) is 11.8. The number of nitriles is 1. The maximum Gasteiger partial charge on any atom is 0.416 e. The highest BCUT2D eigenvalue weighted by atomic mass is 32.2. The summed E-state index contributed by atoms with van der Waals surface area (Å²) in [5, 5.41) is 16.3. The summed E-state index contributed by atoms with van der Waals surface area (Å²) in [5.74, 6) is -0.694. The lowest BCUT2D eigenvalue weighted by atomic mass is 9.69. The highest BCUT2D eigenvalue weighted by molar-refractivity contribution is 8.03. The number of carbonyl (C=O) groups is 2. The maximum absolute atomic E-state index is 13.3. The predicted molar refractivity (Wildman–Crippen MR) is 139 cm³/mol. The van der Waals surface area contributed by atoms with Gasteiger partial charge in [-0.3, -0.25) is 9.59 Å². The third kappa shape index (κ3) is 5.89. The van der Waals surface area contributed by atoms with Gasteiger partial charge in [-0.25, -0.2) is 0 Å². The van der Waals surface area contributed by atoms with E-state index in [9.17, 15) is 28.0 Å². The van der Waals surface area contributed by atoms with Crippen LogP contribution in [-0.4, -0.2) is 24.6 Å². The van der Waals surface area contributed by atoms with Crippen LogP contribution in [0.1, 0.15) is 43.7 Å². The largest absolute Gasteiger partial charge is 0.497 e. The monoisotopic (exact) mass is 541 g/mol. The summed E-state index contributed by atoms with van der Waals surface area (Å²) in [6.45, 7) is 4.00. The van der Waals surface area contributed by atoms with E-state index < -0.39 is 23.6 Å². The summed E-state index contributed by atoms with van der Waals surface area (Å²) in [6, 6.07) is 13.8. The van der Waals surface area contributed by atoms with Crippen molar-refractivity contribution in [3.05, 3.63) is 81.5 Å². The average molecular weight is 542 g/mol. The lowest BCUT2D eigenvalue weighted by molar-refractivity contribution is -0.137. The van der Waals surface area contributed by atoms with E-state index in [1.807, 2.05) is 26.0 Å². The Labute approximate surface area is 222 Å². The Bertz CT molecular complexity index is 1370. The van der Waals surface area contributed by atoms with Crippen molar-refractivity contribution in [2.24, 2.45) is 5.41 Å². The van der Waals surface area contributed by atoms with Gasteiger partial charge in [-0.2, -0.15) is 18.4 Å². The summed E-state index contributed by atoms with van der Waals surface area (Å²) >= 11 is 1.07. The molecule has 1 amide bonds. The van der Waals surface area contributed by atoms with Crippen molar-refractivity contribution < 1.29 is 27.5 Å². The number of halogens is 3. The standard InChI is InChI=1S/C28H26F3N3O3S/c1-27(2)12-21-25(22(35)13-27)24(16-7-9-19(37-3)10-8-16)20(14-32)26(34-21)38-15-23(36)33-18-6-4-5-17(11-18)28(29,30)31/h4-11,24,34H,12-13,15H2,1-3H3,(H,33,36)/t24-/m0/s1. The van der Waals surface area contributed by atoms with E-state index in [-0.39, 0.29) is 22.6 Å². The van der Waals surface area contributed by atoms with Crippen LogP contribution in [0.2, 0.25) is 0 Å². The highest BCUT2D eigenvalue weighted by Crippen LogP contribution is 2.48. The second-order valence-corrected chi connectivity index (χ2v) is 10.9. The lowest BCUT2D eigenvalue weighted by Crippen LogP contribution is -2.37. The van der Waals surface area contributed by atoms with Crippen LogP contribution >= 0.6 is 11.8 Å². The molecular formula is C28H26F3N3O3S. The Morgan fingerprint density at radius 3 is 2.55 bits per heavy atom. The molecule has 1 aliphatic carbocycles. The molecule has 38 heavy (non-hydrogen) atoms. The van der Waals surface area contributed by atoms with Crippen LogP contribution in [0.25, 0.3) is 0 Å². The van der Waals surface area contributed by atoms with Crippen LogP contribution < -0.4 is 15.4 Å². The highest BCUT2D eigenvalue weighted by Gasteiger charge is 2.42. The molecule has 0 radical (unpaired) electrons. The van der Waals surface area contributed by atoms with E-state index in [4.69, 9.17) is 4.74 Å². The molecule has 1 atom stereocenters. The van der Waals surface area contributed by atoms with Gasteiger partial charge in [0.15, 0.2) is 5.78 Å². The van der Waals surface area contributed by atoms with Crippen molar-refractivity contribution in [2.75, 3.05) is 18.2 Å². The van der Waals surface area contributed by atoms with Gasteiger partial charge in [0, 0.05) is 23.4 Å². The molecule has 0 bridgehead atoms.